The van der Waals surface area contributed by atoms with Crippen molar-refractivity contribution in [2.24, 2.45) is 0 Å². The van der Waals surface area contributed by atoms with E-state index in [1.807, 2.05) is 18.4 Å². The van der Waals surface area contributed by atoms with Crippen LogP contribution in [0.1, 0.15) is 23.3 Å². The van der Waals surface area contributed by atoms with Crippen molar-refractivity contribution in [2.45, 2.75) is 31.2 Å². The van der Waals surface area contributed by atoms with Crippen molar-refractivity contribution < 1.29 is 13.2 Å². The number of hydrogen-bond acceptors (Lipinski definition) is 4. The highest BCUT2D eigenvalue weighted by molar-refractivity contribution is 7.89. The first-order chi connectivity index (χ1) is 11.4. The zero-order valence-corrected chi connectivity index (χ0v) is 15.4. The largest absolute Gasteiger partial charge is 0.312 e. The van der Waals surface area contributed by atoms with Crippen LogP contribution in [0.15, 0.2) is 40.6 Å². The molecule has 0 aliphatic carbocycles. The molecule has 0 bridgehead atoms. The average molecular weight is 364 g/mol. The van der Waals surface area contributed by atoms with E-state index in [4.69, 9.17) is 0 Å². The molecule has 2 heterocycles. The van der Waals surface area contributed by atoms with Gasteiger partial charge in [-0.15, -0.1) is 11.3 Å². The highest BCUT2D eigenvalue weighted by atomic mass is 32.2. The Balaban J connectivity index is 1.79. The summed E-state index contributed by atoms with van der Waals surface area (Å²) in [5.41, 5.74) is 1.86. The van der Waals surface area contributed by atoms with Crippen molar-refractivity contribution in [3.8, 4) is 0 Å². The molecule has 5 nitrogen and oxygen atoms in total. The second kappa shape index (κ2) is 6.66. The summed E-state index contributed by atoms with van der Waals surface area (Å²) in [6.45, 7) is 3.04. The highest BCUT2D eigenvalue weighted by Gasteiger charge is 2.24. The number of thiophene rings is 1. The zero-order chi connectivity index (χ0) is 17.3. The number of anilines is 1. The summed E-state index contributed by atoms with van der Waals surface area (Å²) >= 11 is 1.56. The first-order valence-corrected chi connectivity index (χ1v) is 10.1. The van der Waals surface area contributed by atoms with E-state index >= 15 is 0 Å². The van der Waals surface area contributed by atoms with E-state index in [0.29, 0.717) is 19.5 Å². The van der Waals surface area contributed by atoms with Crippen LogP contribution >= 0.6 is 11.3 Å². The molecule has 0 unspecified atom stereocenters. The van der Waals surface area contributed by atoms with Crippen LogP contribution < -0.4 is 4.90 Å². The molecule has 1 amide bonds. The molecule has 1 aromatic heterocycles. The zero-order valence-electron chi connectivity index (χ0n) is 13.7. The van der Waals surface area contributed by atoms with Crippen LogP contribution in [-0.2, 0) is 21.4 Å². The number of hydrogen-bond donors (Lipinski definition) is 0. The fraction of sp³-hybridized carbons (Fsp3) is 0.353. The fourth-order valence-electron chi connectivity index (χ4n) is 2.75. The topological polar surface area (TPSA) is 57.7 Å². The number of sulfonamides is 1. The molecule has 0 atom stereocenters. The van der Waals surface area contributed by atoms with E-state index in [2.05, 4.69) is 0 Å². The Bertz CT molecular complexity index is 841. The lowest BCUT2D eigenvalue weighted by Crippen LogP contribution is -2.27. The third kappa shape index (κ3) is 3.24. The lowest BCUT2D eigenvalue weighted by Gasteiger charge is -2.19. The summed E-state index contributed by atoms with van der Waals surface area (Å²) in [7, 11) is -1.96. The standard InChI is InChI=1S/C17H20N2O3S2/c1-13-9-11-23-16(13)12-18(2)24(21,22)15-7-5-14(6-8-15)19-10-3-4-17(19)20/h5-9,11H,3-4,10,12H2,1-2H3. The fourth-order valence-corrected chi connectivity index (χ4v) is 4.93. The van der Waals surface area contributed by atoms with E-state index in [1.165, 1.54) is 4.31 Å². The lowest BCUT2D eigenvalue weighted by atomic mass is 10.3. The number of nitrogens with zero attached hydrogens (tertiary/aromatic N) is 2. The van der Waals surface area contributed by atoms with Crippen LogP contribution in [0.4, 0.5) is 5.69 Å². The van der Waals surface area contributed by atoms with Crippen molar-refractivity contribution in [3.63, 3.8) is 0 Å². The molecule has 3 rings (SSSR count). The summed E-state index contributed by atoms with van der Waals surface area (Å²) < 4.78 is 26.8. The molecular weight excluding hydrogens is 344 g/mol. The molecular formula is C17H20N2O3S2. The van der Waals surface area contributed by atoms with Crippen molar-refractivity contribution in [1.29, 1.82) is 0 Å². The molecule has 1 saturated heterocycles. The Hall–Kier alpha value is -1.70. The van der Waals surface area contributed by atoms with Gasteiger partial charge in [-0.05, 0) is 54.6 Å². The van der Waals surface area contributed by atoms with Crippen molar-refractivity contribution in [1.82, 2.24) is 4.31 Å². The molecule has 1 aliphatic rings. The first-order valence-electron chi connectivity index (χ1n) is 7.79. The van der Waals surface area contributed by atoms with Crippen LogP contribution in [0.25, 0.3) is 0 Å². The number of aryl methyl sites for hydroxylation is 1. The van der Waals surface area contributed by atoms with Gasteiger partial charge >= 0.3 is 0 Å². The number of carbonyl (C=O) groups is 1. The number of carbonyl (C=O) groups excluding carboxylic acids is 1. The maximum absolute atomic E-state index is 12.7. The van der Waals surface area contributed by atoms with Crippen LogP contribution in [0.3, 0.4) is 0 Å². The maximum Gasteiger partial charge on any atom is 0.243 e. The number of benzene rings is 1. The van der Waals surface area contributed by atoms with Crippen molar-refractivity contribution in [3.05, 3.63) is 46.2 Å². The average Bonchev–Trinajstić information content (AvgIpc) is 3.16. The predicted octanol–water partition coefficient (Wildman–Crippen LogP) is 3.00. The number of amides is 1. The molecule has 1 aliphatic heterocycles. The predicted molar refractivity (Wildman–Crippen MR) is 95.7 cm³/mol. The van der Waals surface area contributed by atoms with Gasteiger partial charge in [0.2, 0.25) is 15.9 Å². The molecule has 7 heteroatoms. The smallest absolute Gasteiger partial charge is 0.243 e. The minimum atomic E-state index is -3.55. The summed E-state index contributed by atoms with van der Waals surface area (Å²) in [4.78, 5) is 14.8. The normalized spacial score (nSPS) is 15.5. The van der Waals surface area contributed by atoms with E-state index in [-0.39, 0.29) is 10.8 Å². The second-order valence-corrected chi connectivity index (χ2v) is 8.98. The monoisotopic (exact) mass is 364 g/mol. The van der Waals surface area contributed by atoms with Crippen LogP contribution in [-0.4, -0.2) is 32.2 Å². The highest BCUT2D eigenvalue weighted by Crippen LogP contribution is 2.25. The van der Waals surface area contributed by atoms with Gasteiger partial charge in [0.05, 0.1) is 4.90 Å². The summed E-state index contributed by atoms with van der Waals surface area (Å²) in [6, 6.07) is 8.56. The van der Waals surface area contributed by atoms with Crippen LogP contribution in [0.5, 0.6) is 0 Å². The minimum Gasteiger partial charge on any atom is -0.312 e. The van der Waals surface area contributed by atoms with E-state index in [9.17, 15) is 13.2 Å². The van der Waals surface area contributed by atoms with Gasteiger partial charge in [0.15, 0.2) is 0 Å². The minimum absolute atomic E-state index is 0.0934. The number of rotatable bonds is 5. The molecule has 2 aromatic rings. The van der Waals surface area contributed by atoms with Crippen LogP contribution in [0, 0.1) is 6.92 Å². The summed E-state index contributed by atoms with van der Waals surface area (Å²) in [5.74, 6) is 0.0934. The van der Waals surface area contributed by atoms with Gasteiger partial charge in [-0.25, -0.2) is 8.42 Å². The summed E-state index contributed by atoms with van der Waals surface area (Å²) in [5, 5.41) is 1.97. The molecule has 1 fully saturated rings. The van der Waals surface area contributed by atoms with E-state index in [1.54, 1.807) is 47.5 Å². The Kier molecular flexibility index (Phi) is 4.76. The maximum atomic E-state index is 12.7. The Morgan fingerprint density at radius 3 is 2.46 bits per heavy atom. The van der Waals surface area contributed by atoms with Gasteiger partial charge < -0.3 is 4.90 Å². The lowest BCUT2D eigenvalue weighted by molar-refractivity contribution is -0.117. The Morgan fingerprint density at radius 1 is 1.21 bits per heavy atom. The molecule has 0 N–H and O–H groups in total. The molecule has 0 spiro atoms. The third-order valence-corrected chi connectivity index (χ3v) is 7.09. The molecule has 24 heavy (non-hydrogen) atoms. The van der Waals surface area contributed by atoms with Gasteiger partial charge in [0.1, 0.15) is 0 Å². The Morgan fingerprint density at radius 2 is 1.92 bits per heavy atom. The van der Waals surface area contributed by atoms with Gasteiger partial charge in [0.25, 0.3) is 0 Å². The van der Waals surface area contributed by atoms with Gasteiger partial charge in [-0.2, -0.15) is 4.31 Å². The van der Waals surface area contributed by atoms with Crippen molar-refractivity contribution >= 4 is 33.0 Å². The van der Waals surface area contributed by atoms with Gasteiger partial charge in [0, 0.05) is 37.1 Å². The molecule has 0 radical (unpaired) electrons. The second-order valence-electron chi connectivity index (χ2n) is 5.93. The third-order valence-electron chi connectivity index (χ3n) is 4.26. The quantitative estimate of drug-likeness (QED) is 0.819. The Labute approximate surface area is 146 Å². The molecule has 128 valence electrons. The van der Waals surface area contributed by atoms with E-state index < -0.39 is 10.0 Å². The molecule has 1 aromatic carbocycles. The van der Waals surface area contributed by atoms with Gasteiger partial charge in [-0.3, -0.25) is 4.79 Å². The van der Waals surface area contributed by atoms with Crippen molar-refractivity contribution in [2.75, 3.05) is 18.5 Å². The van der Waals surface area contributed by atoms with Crippen LogP contribution in [0.2, 0.25) is 0 Å². The van der Waals surface area contributed by atoms with E-state index in [0.717, 1.165) is 22.5 Å². The van der Waals surface area contributed by atoms with Gasteiger partial charge in [-0.1, -0.05) is 0 Å². The molecule has 0 saturated carbocycles. The SMILES string of the molecule is Cc1ccsc1CN(C)S(=O)(=O)c1ccc(N2CCCC2=O)cc1. The summed E-state index contributed by atoms with van der Waals surface area (Å²) in [6.07, 6.45) is 1.41. The first kappa shape index (κ1) is 17.1.